The number of benzene rings is 1. The van der Waals surface area contributed by atoms with E-state index in [1.54, 1.807) is 30.6 Å². The maximum Gasteiger partial charge on any atom is 0.263 e. The summed E-state index contributed by atoms with van der Waals surface area (Å²) in [7, 11) is 0. The summed E-state index contributed by atoms with van der Waals surface area (Å²) < 4.78 is 26.3. The fourth-order valence-electron chi connectivity index (χ4n) is 3.30. The molecule has 0 unspecified atom stereocenters. The van der Waals surface area contributed by atoms with Crippen molar-refractivity contribution < 1.29 is 23.5 Å². The average molecular weight is 445 g/mol. The molecule has 0 aliphatic heterocycles. The zero-order chi connectivity index (χ0) is 22.8. The summed E-state index contributed by atoms with van der Waals surface area (Å²) in [6, 6.07) is 14.7. The highest BCUT2D eigenvalue weighted by Gasteiger charge is 2.11. The van der Waals surface area contributed by atoms with E-state index in [9.17, 15) is 14.4 Å². The average Bonchev–Trinajstić information content (AvgIpc) is 3.31. The van der Waals surface area contributed by atoms with Crippen LogP contribution in [0.1, 0.15) is 0 Å². The molecular weight excluding hydrogens is 429 g/mol. The number of carbonyl (C=O) groups is 1. The first kappa shape index (κ1) is 20.2. The summed E-state index contributed by atoms with van der Waals surface area (Å²) in [5, 5.41) is 16.2. The number of nitrogens with zero attached hydrogens (tertiary/aromatic N) is 4. The van der Waals surface area contributed by atoms with E-state index in [1.807, 2.05) is 28.8 Å². The molecule has 0 saturated heterocycles. The summed E-state index contributed by atoms with van der Waals surface area (Å²) in [6.45, 7) is -0.299. The number of hydrogen-bond acceptors (Lipinski definition) is 7. The Kier molecular flexibility index (Phi) is 5.15. The van der Waals surface area contributed by atoms with E-state index in [0.29, 0.717) is 28.2 Å². The molecule has 2 N–H and O–H groups in total. The summed E-state index contributed by atoms with van der Waals surface area (Å²) in [5.74, 6) is 0.0423. The number of anilines is 1. The highest BCUT2D eigenvalue weighted by atomic mass is 19.1. The summed E-state index contributed by atoms with van der Waals surface area (Å²) in [4.78, 5) is 20.2. The van der Waals surface area contributed by atoms with Crippen LogP contribution in [-0.4, -0.2) is 32.1 Å². The van der Waals surface area contributed by atoms with Crippen molar-refractivity contribution in [2.45, 2.75) is 0 Å². The zero-order valence-corrected chi connectivity index (χ0v) is 17.0. The standard InChI is InChI=1S/C23H16FN5O4/c24-14-3-6-22(25-11-14)27-23(30)12-32-16-4-5-20-17(9-16)18(28-31)10-21(33-20)19-8-15-2-1-7-29(15)13-26-19/h1-11,13,31H,12H2,(H,25,27,30)/b28-18-. The molecule has 0 saturated carbocycles. The molecule has 0 aliphatic carbocycles. The Labute approximate surface area is 185 Å². The SMILES string of the molecule is O=C(COc1ccc2oc(-c3cc4cccn4cn3)c/c(=N/O)c2c1)Nc1ccc(F)cn1. The lowest BCUT2D eigenvalue weighted by molar-refractivity contribution is -0.118. The number of pyridine rings is 1. The molecule has 5 aromatic rings. The van der Waals surface area contributed by atoms with Gasteiger partial charge in [-0.25, -0.2) is 14.4 Å². The number of nitrogens with one attached hydrogen (secondary N) is 1. The topological polar surface area (TPSA) is 114 Å². The van der Waals surface area contributed by atoms with Crippen LogP contribution in [0.25, 0.3) is 27.9 Å². The number of aromatic nitrogens is 3. The van der Waals surface area contributed by atoms with Crippen LogP contribution in [0.15, 0.2) is 82.9 Å². The number of halogens is 1. The van der Waals surface area contributed by atoms with Gasteiger partial charge in [-0.15, -0.1) is 0 Å². The quantitative estimate of drug-likeness (QED) is 0.316. The molecule has 0 atom stereocenters. The minimum absolute atomic E-state index is 0.211. The third kappa shape index (κ3) is 4.22. The highest BCUT2D eigenvalue weighted by Crippen LogP contribution is 2.24. The highest BCUT2D eigenvalue weighted by molar-refractivity contribution is 5.91. The van der Waals surface area contributed by atoms with E-state index >= 15 is 0 Å². The lowest BCUT2D eigenvalue weighted by atomic mass is 10.2. The first-order valence-electron chi connectivity index (χ1n) is 9.82. The predicted octanol–water partition coefficient (Wildman–Crippen LogP) is 3.59. The molecule has 1 aromatic carbocycles. The Morgan fingerprint density at radius 2 is 2.09 bits per heavy atom. The molecule has 164 valence electrons. The Morgan fingerprint density at radius 3 is 2.91 bits per heavy atom. The van der Waals surface area contributed by atoms with Gasteiger partial charge in [-0.3, -0.25) is 4.79 Å². The minimum Gasteiger partial charge on any atom is -0.484 e. The number of amides is 1. The van der Waals surface area contributed by atoms with Gasteiger partial charge in [0.2, 0.25) is 0 Å². The fourth-order valence-corrected chi connectivity index (χ4v) is 3.30. The van der Waals surface area contributed by atoms with Gasteiger partial charge in [0.15, 0.2) is 12.4 Å². The predicted molar refractivity (Wildman–Crippen MR) is 116 cm³/mol. The van der Waals surface area contributed by atoms with Crippen molar-refractivity contribution in [2.24, 2.45) is 5.16 Å². The first-order chi connectivity index (χ1) is 16.1. The molecule has 1 amide bonds. The number of rotatable bonds is 5. The molecule has 0 spiro atoms. The van der Waals surface area contributed by atoms with Gasteiger partial charge in [0.25, 0.3) is 5.91 Å². The van der Waals surface area contributed by atoms with E-state index in [1.165, 1.54) is 12.1 Å². The normalized spacial score (nSPS) is 11.7. The van der Waals surface area contributed by atoms with Crippen molar-refractivity contribution in [2.75, 3.05) is 11.9 Å². The third-order valence-electron chi connectivity index (χ3n) is 4.86. The molecule has 10 heteroatoms. The van der Waals surface area contributed by atoms with Crippen LogP contribution >= 0.6 is 0 Å². The second-order valence-electron chi connectivity index (χ2n) is 7.07. The maximum atomic E-state index is 12.9. The van der Waals surface area contributed by atoms with E-state index in [0.717, 1.165) is 11.7 Å². The van der Waals surface area contributed by atoms with Gasteiger partial charge in [-0.2, -0.15) is 0 Å². The Bertz CT molecular complexity index is 1540. The Balaban J connectivity index is 1.38. The van der Waals surface area contributed by atoms with Crippen LogP contribution in [0.4, 0.5) is 10.2 Å². The molecule has 9 nitrogen and oxygen atoms in total. The van der Waals surface area contributed by atoms with Gasteiger partial charge in [-0.1, -0.05) is 5.16 Å². The molecular formula is C23H16FN5O4. The van der Waals surface area contributed by atoms with E-state index in [4.69, 9.17) is 9.15 Å². The minimum atomic E-state index is -0.500. The van der Waals surface area contributed by atoms with Gasteiger partial charge in [0, 0.05) is 17.8 Å². The maximum absolute atomic E-state index is 12.9. The largest absolute Gasteiger partial charge is 0.484 e. The van der Waals surface area contributed by atoms with Crippen molar-refractivity contribution in [1.29, 1.82) is 0 Å². The van der Waals surface area contributed by atoms with Crippen molar-refractivity contribution in [3.05, 3.63) is 84.5 Å². The molecule has 5 rings (SSSR count). The van der Waals surface area contributed by atoms with Gasteiger partial charge in [-0.05, 0) is 48.5 Å². The molecule has 0 aliphatic rings. The smallest absolute Gasteiger partial charge is 0.263 e. The molecule has 4 heterocycles. The van der Waals surface area contributed by atoms with Crippen LogP contribution < -0.4 is 15.4 Å². The van der Waals surface area contributed by atoms with Gasteiger partial charge in [0.1, 0.15) is 34.0 Å². The monoisotopic (exact) mass is 445 g/mol. The van der Waals surface area contributed by atoms with Crippen molar-refractivity contribution in [3.63, 3.8) is 0 Å². The number of ether oxygens (including phenoxy) is 1. The Morgan fingerprint density at radius 1 is 1.18 bits per heavy atom. The lowest BCUT2D eigenvalue weighted by Crippen LogP contribution is -2.20. The van der Waals surface area contributed by atoms with E-state index < -0.39 is 11.7 Å². The second kappa shape index (κ2) is 8.42. The molecule has 4 aromatic heterocycles. The third-order valence-corrected chi connectivity index (χ3v) is 4.86. The Hall–Kier alpha value is -4.73. The van der Waals surface area contributed by atoms with Crippen LogP contribution in [-0.2, 0) is 4.79 Å². The number of hydrogen-bond donors (Lipinski definition) is 2. The molecule has 0 bridgehead atoms. The van der Waals surface area contributed by atoms with Crippen LogP contribution in [0.3, 0.4) is 0 Å². The van der Waals surface area contributed by atoms with Crippen molar-refractivity contribution >= 4 is 28.2 Å². The lowest BCUT2D eigenvalue weighted by Gasteiger charge is -2.09. The zero-order valence-electron chi connectivity index (χ0n) is 17.0. The van der Waals surface area contributed by atoms with Gasteiger partial charge in [0.05, 0.1) is 17.9 Å². The summed E-state index contributed by atoms with van der Waals surface area (Å²) >= 11 is 0. The van der Waals surface area contributed by atoms with E-state index in [2.05, 4.69) is 20.4 Å². The van der Waals surface area contributed by atoms with Crippen molar-refractivity contribution in [3.8, 4) is 17.2 Å². The number of carbonyl (C=O) groups excluding carboxylic acids is 1. The first-order valence-corrected chi connectivity index (χ1v) is 9.82. The second-order valence-corrected chi connectivity index (χ2v) is 7.07. The van der Waals surface area contributed by atoms with Crippen LogP contribution in [0.2, 0.25) is 0 Å². The molecule has 0 fully saturated rings. The molecule has 0 radical (unpaired) electrons. The fraction of sp³-hybridized carbons (Fsp3) is 0.0435. The summed E-state index contributed by atoms with van der Waals surface area (Å²) in [6.07, 6.45) is 4.56. The van der Waals surface area contributed by atoms with Gasteiger partial charge < -0.3 is 24.1 Å². The van der Waals surface area contributed by atoms with Crippen LogP contribution in [0.5, 0.6) is 5.75 Å². The molecule has 33 heavy (non-hydrogen) atoms. The summed E-state index contributed by atoms with van der Waals surface area (Å²) in [5.41, 5.74) is 1.97. The van der Waals surface area contributed by atoms with Gasteiger partial charge >= 0.3 is 0 Å². The number of fused-ring (bicyclic) bond motifs is 2. The van der Waals surface area contributed by atoms with E-state index in [-0.39, 0.29) is 17.8 Å². The van der Waals surface area contributed by atoms with Crippen molar-refractivity contribution in [1.82, 2.24) is 14.4 Å². The van der Waals surface area contributed by atoms with Crippen LogP contribution in [0, 0.1) is 5.82 Å².